The van der Waals surface area contributed by atoms with Crippen LogP contribution in [-0.2, 0) is 4.79 Å². The molecule has 2 aromatic rings. The number of hydrazone groups is 1. The Hall–Kier alpha value is -3.73. The minimum atomic E-state index is -0.570. The largest absolute Gasteiger partial charge is 0.494 e. The van der Waals surface area contributed by atoms with Gasteiger partial charge in [-0.15, -0.1) is 0 Å². The van der Waals surface area contributed by atoms with Crippen LogP contribution in [-0.4, -0.2) is 38.5 Å². The number of amides is 1. The molecule has 32 heavy (non-hydrogen) atoms. The molecule has 164 valence electrons. The van der Waals surface area contributed by atoms with Gasteiger partial charge in [0.2, 0.25) is 5.17 Å². The number of nitro groups is 1. The zero-order valence-electron chi connectivity index (χ0n) is 17.5. The second kappa shape index (κ2) is 8.42. The Morgan fingerprint density at radius 2 is 2.12 bits per heavy atom. The van der Waals surface area contributed by atoms with Gasteiger partial charge >= 0.3 is 0 Å². The average Bonchev–Trinajstić information content (AvgIpc) is 3.38. The summed E-state index contributed by atoms with van der Waals surface area (Å²) in [6.45, 7) is 6.12. The van der Waals surface area contributed by atoms with Gasteiger partial charge in [0.25, 0.3) is 11.6 Å². The van der Waals surface area contributed by atoms with Crippen LogP contribution in [0, 0.1) is 21.4 Å². The molecule has 1 aromatic heterocycles. The number of nitrogens with zero attached hydrogens (tertiary/aromatic N) is 4. The third-order valence-electron chi connectivity index (χ3n) is 4.62. The molecule has 10 nitrogen and oxygen atoms in total. The lowest BCUT2D eigenvalue weighted by atomic mass is 10.1. The van der Waals surface area contributed by atoms with E-state index in [1.54, 1.807) is 31.2 Å². The number of furan rings is 1. The van der Waals surface area contributed by atoms with Crippen LogP contribution in [0.25, 0.3) is 17.4 Å². The predicted molar refractivity (Wildman–Crippen MR) is 122 cm³/mol. The summed E-state index contributed by atoms with van der Waals surface area (Å²) in [5.41, 5.74) is 0.130. The predicted octanol–water partition coefficient (Wildman–Crippen LogP) is 4.53. The quantitative estimate of drug-likeness (QED) is 0.386. The van der Waals surface area contributed by atoms with Gasteiger partial charge < -0.3 is 9.15 Å². The number of ether oxygens (including phenoxy) is 1. The number of nitrogens with one attached hydrogen (secondary N) is 1. The lowest BCUT2D eigenvalue weighted by Crippen LogP contribution is -2.35. The molecule has 1 amide bonds. The molecule has 0 unspecified atom stereocenters. The van der Waals surface area contributed by atoms with E-state index in [4.69, 9.17) is 14.6 Å². The van der Waals surface area contributed by atoms with E-state index >= 15 is 0 Å². The molecule has 0 saturated heterocycles. The van der Waals surface area contributed by atoms with E-state index in [1.807, 2.05) is 13.8 Å². The summed E-state index contributed by atoms with van der Waals surface area (Å²) >= 11 is 1.27. The molecule has 0 saturated carbocycles. The van der Waals surface area contributed by atoms with Crippen molar-refractivity contribution >= 4 is 45.5 Å². The van der Waals surface area contributed by atoms with Crippen molar-refractivity contribution in [3.05, 3.63) is 51.8 Å². The fourth-order valence-corrected chi connectivity index (χ4v) is 3.98. The monoisotopic (exact) mass is 453 g/mol. The molecular weight excluding hydrogens is 434 g/mol. The maximum absolute atomic E-state index is 12.5. The van der Waals surface area contributed by atoms with Gasteiger partial charge in [-0.25, -0.2) is 0 Å². The Kier molecular flexibility index (Phi) is 5.66. The summed E-state index contributed by atoms with van der Waals surface area (Å²) in [5.74, 6) is 0.363. The third kappa shape index (κ3) is 3.94. The second-order valence-corrected chi connectivity index (χ2v) is 8.17. The van der Waals surface area contributed by atoms with Crippen LogP contribution in [0.15, 0.2) is 50.4 Å². The standard InChI is InChI=1S/C21H19N5O5S/c1-4-30-12-5-7-14(16(10-12)26(28)29)17-8-6-13(31-17)9-15-18(22)25-21(23-19(15)27)32-20(24-25)11(2)3/h5-11,22H,4H2,1-3H3/b15-9+,22-18?. The first-order valence-electron chi connectivity index (χ1n) is 9.80. The van der Waals surface area contributed by atoms with Gasteiger partial charge in [0.1, 0.15) is 22.3 Å². The Morgan fingerprint density at radius 3 is 2.81 bits per heavy atom. The zero-order chi connectivity index (χ0) is 23.0. The van der Waals surface area contributed by atoms with Crippen LogP contribution < -0.4 is 4.74 Å². The smallest absolute Gasteiger partial charge is 0.284 e. The van der Waals surface area contributed by atoms with Crippen molar-refractivity contribution in [3.8, 4) is 17.1 Å². The lowest BCUT2D eigenvalue weighted by Gasteiger charge is -2.19. The van der Waals surface area contributed by atoms with Crippen molar-refractivity contribution in [2.45, 2.75) is 20.8 Å². The summed E-state index contributed by atoms with van der Waals surface area (Å²) in [6, 6.07) is 7.65. The number of aliphatic imine (C=N–C) groups is 1. The number of fused-ring (bicyclic) bond motifs is 1. The van der Waals surface area contributed by atoms with E-state index in [-0.39, 0.29) is 40.1 Å². The van der Waals surface area contributed by atoms with Crippen LogP contribution in [0.4, 0.5) is 5.69 Å². The number of rotatable bonds is 6. The summed E-state index contributed by atoms with van der Waals surface area (Å²) in [7, 11) is 0. The molecule has 0 atom stereocenters. The normalized spacial score (nSPS) is 17.0. The summed E-state index contributed by atoms with van der Waals surface area (Å²) in [5, 5.41) is 26.8. The first kappa shape index (κ1) is 21.5. The van der Waals surface area contributed by atoms with Gasteiger partial charge in [-0.1, -0.05) is 13.8 Å². The summed E-state index contributed by atoms with van der Waals surface area (Å²) in [4.78, 5) is 27.6. The highest BCUT2D eigenvalue weighted by atomic mass is 32.2. The molecule has 2 aliphatic heterocycles. The first-order chi connectivity index (χ1) is 15.3. The number of carbonyl (C=O) groups excluding carboxylic acids is 1. The minimum Gasteiger partial charge on any atom is -0.494 e. The highest BCUT2D eigenvalue weighted by Gasteiger charge is 2.36. The number of thioether (sulfide) groups is 1. The third-order valence-corrected chi connectivity index (χ3v) is 5.83. The average molecular weight is 453 g/mol. The van der Waals surface area contributed by atoms with Crippen molar-refractivity contribution in [2.24, 2.45) is 16.0 Å². The van der Waals surface area contributed by atoms with Crippen molar-refractivity contribution in [1.82, 2.24) is 5.01 Å². The Bertz CT molecular complexity index is 1230. The number of hydrogen-bond donors (Lipinski definition) is 1. The summed E-state index contributed by atoms with van der Waals surface area (Å²) in [6.07, 6.45) is 1.39. The molecule has 0 aliphatic carbocycles. The fourth-order valence-electron chi connectivity index (χ4n) is 3.08. The van der Waals surface area contributed by atoms with Crippen LogP contribution in [0.2, 0.25) is 0 Å². The first-order valence-corrected chi connectivity index (χ1v) is 10.6. The lowest BCUT2D eigenvalue weighted by molar-refractivity contribution is -0.384. The maximum atomic E-state index is 12.5. The van der Waals surface area contributed by atoms with E-state index in [2.05, 4.69) is 10.1 Å². The molecular formula is C21H19N5O5S. The number of nitro benzene ring substituents is 1. The van der Waals surface area contributed by atoms with E-state index in [0.717, 1.165) is 5.04 Å². The van der Waals surface area contributed by atoms with Crippen molar-refractivity contribution < 1.29 is 18.9 Å². The van der Waals surface area contributed by atoms with Crippen LogP contribution in [0.5, 0.6) is 5.75 Å². The molecule has 2 aliphatic rings. The Morgan fingerprint density at radius 1 is 1.34 bits per heavy atom. The Balaban J connectivity index is 1.66. The molecule has 11 heteroatoms. The van der Waals surface area contributed by atoms with Crippen LogP contribution in [0.3, 0.4) is 0 Å². The number of hydrogen-bond acceptors (Lipinski definition) is 8. The van der Waals surface area contributed by atoms with Crippen molar-refractivity contribution in [1.29, 1.82) is 5.41 Å². The van der Waals surface area contributed by atoms with Gasteiger partial charge in [-0.2, -0.15) is 15.1 Å². The number of carbonyl (C=O) groups is 1. The van der Waals surface area contributed by atoms with E-state index in [1.165, 1.54) is 28.9 Å². The molecule has 1 aromatic carbocycles. The van der Waals surface area contributed by atoms with E-state index in [9.17, 15) is 14.9 Å². The summed E-state index contributed by atoms with van der Waals surface area (Å²) < 4.78 is 11.1. The van der Waals surface area contributed by atoms with E-state index in [0.29, 0.717) is 17.5 Å². The molecule has 0 radical (unpaired) electrons. The molecule has 0 spiro atoms. The zero-order valence-corrected chi connectivity index (χ0v) is 18.3. The van der Waals surface area contributed by atoms with Crippen molar-refractivity contribution in [3.63, 3.8) is 0 Å². The fraction of sp³-hybridized carbons (Fsp3) is 0.238. The maximum Gasteiger partial charge on any atom is 0.284 e. The van der Waals surface area contributed by atoms with Crippen molar-refractivity contribution in [2.75, 3.05) is 6.61 Å². The SMILES string of the molecule is CCOc1ccc(-c2ccc(/C=C3\C(=N)N4N=C(C(C)C)SC4=NC3=O)o2)c([N+](=O)[O-])c1. The molecule has 3 heterocycles. The van der Waals surface area contributed by atoms with Crippen LogP contribution >= 0.6 is 11.8 Å². The molecule has 4 rings (SSSR count). The van der Waals surface area contributed by atoms with Crippen LogP contribution in [0.1, 0.15) is 26.5 Å². The highest BCUT2D eigenvalue weighted by molar-refractivity contribution is 8.27. The van der Waals surface area contributed by atoms with Gasteiger partial charge in [0.05, 0.1) is 28.7 Å². The van der Waals surface area contributed by atoms with Gasteiger partial charge in [-0.05, 0) is 49.0 Å². The molecule has 1 N–H and O–H groups in total. The number of amidine groups is 2. The second-order valence-electron chi connectivity index (χ2n) is 7.18. The number of benzene rings is 1. The van der Waals surface area contributed by atoms with Gasteiger partial charge in [0.15, 0.2) is 5.84 Å². The molecule has 0 fully saturated rings. The minimum absolute atomic E-state index is 0.0187. The van der Waals surface area contributed by atoms with Gasteiger partial charge in [0, 0.05) is 5.92 Å². The van der Waals surface area contributed by atoms with Gasteiger partial charge in [-0.3, -0.25) is 20.3 Å². The Labute approximate surface area is 187 Å². The van der Waals surface area contributed by atoms with E-state index < -0.39 is 10.8 Å². The molecule has 0 bridgehead atoms. The highest BCUT2D eigenvalue weighted by Crippen LogP contribution is 2.35. The topological polar surface area (TPSA) is 134 Å².